The Morgan fingerprint density at radius 2 is 2.00 bits per heavy atom. The number of carbonyl (C=O) groups excluding carboxylic acids is 1. The Bertz CT molecular complexity index is 677. The van der Waals surface area contributed by atoms with Crippen LogP contribution in [0.25, 0.3) is 0 Å². The normalized spacial score (nSPS) is 21.5. The van der Waals surface area contributed by atoms with Crippen molar-refractivity contribution in [3.63, 3.8) is 0 Å². The fraction of sp³-hybridized carbons (Fsp3) is 0.533. The van der Waals surface area contributed by atoms with Crippen LogP contribution in [0.1, 0.15) is 19.8 Å². The number of rotatable bonds is 6. The number of benzene rings is 1. The molecule has 0 bridgehead atoms. The Morgan fingerprint density at radius 3 is 2.62 bits per heavy atom. The molecule has 2 rings (SSSR count). The minimum absolute atomic E-state index is 0.0188. The van der Waals surface area contributed by atoms with E-state index in [9.17, 15) is 13.2 Å². The lowest BCUT2D eigenvalue weighted by atomic mass is 9.95. The van der Waals surface area contributed by atoms with Crippen molar-refractivity contribution in [1.82, 2.24) is 15.4 Å². The fourth-order valence-electron chi connectivity index (χ4n) is 2.62. The van der Waals surface area contributed by atoms with Crippen molar-refractivity contribution >= 4 is 39.1 Å². The quantitative estimate of drug-likeness (QED) is 0.687. The molecule has 0 aliphatic carbocycles. The smallest absolute Gasteiger partial charge is 0.243 e. The molecule has 1 aromatic carbocycles. The van der Waals surface area contributed by atoms with Crippen molar-refractivity contribution in [1.29, 1.82) is 0 Å². The third kappa shape index (κ3) is 5.07. The number of hydrogen-bond donors (Lipinski definition) is 3. The SMILES string of the molecule is CC1CNCCC1NC(=O)CCNS(=O)(=O)c1c(Cl)cccc1Cl. The van der Waals surface area contributed by atoms with Crippen molar-refractivity contribution in [2.45, 2.75) is 30.7 Å². The van der Waals surface area contributed by atoms with Gasteiger partial charge < -0.3 is 10.6 Å². The van der Waals surface area contributed by atoms with Gasteiger partial charge in [-0.15, -0.1) is 0 Å². The minimum Gasteiger partial charge on any atom is -0.353 e. The van der Waals surface area contributed by atoms with Gasteiger partial charge in [0, 0.05) is 19.0 Å². The summed E-state index contributed by atoms with van der Waals surface area (Å²) in [5.41, 5.74) is 0. The molecule has 0 saturated carbocycles. The molecule has 0 radical (unpaired) electrons. The fourth-order valence-corrected chi connectivity index (χ4v) is 4.79. The molecule has 0 aromatic heterocycles. The van der Waals surface area contributed by atoms with E-state index in [-0.39, 0.29) is 39.9 Å². The molecule has 1 aliphatic heterocycles. The van der Waals surface area contributed by atoms with Gasteiger partial charge in [0.1, 0.15) is 4.90 Å². The molecule has 6 nitrogen and oxygen atoms in total. The first-order chi connectivity index (χ1) is 11.3. The highest BCUT2D eigenvalue weighted by molar-refractivity contribution is 7.89. The Hall–Kier alpha value is -0.860. The monoisotopic (exact) mass is 393 g/mol. The zero-order valence-corrected chi connectivity index (χ0v) is 15.6. The van der Waals surface area contributed by atoms with Crippen molar-refractivity contribution in [3.05, 3.63) is 28.2 Å². The summed E-state index contributed by atoms with van der Waals surface area (Å²) in [6.07, 6.45) is 0.922. The number of carbonyl (C=O) groups is 1. The highest BCUT2D eigenvalue weighted by atomic mass is 35.5. The van der Waals surface area contributed by atoms with Crippen molar-refractivity contribution < 1.29 is 13.2 Å². The van der Waals surface area contributed by atoms with Gasteiger partial charge in [-0.05, 0) is 37.6 Å². The molecular formula is C15H21Cl2N3O3S. The lowest BCUT2D eigenvalue weighted by Gasteiger charge is -2.30. The van der Waals surface area contributed by atoms with E-state index in [1.807, 2.05) is 0 Å². The summed E-state index contributed by atoms with van der Waals surface area (Å²) in [4.78, 5) is 11.8. The van der Waals surface area contributed by atoms with E-state index in [2.05, 4.69) is 22.3 Å². The third-order valence-electron chi connectivity index (χ3n) is 3.96. The predicted molar refractivity (Wildman–Crippen MR) is 94.8 cm³/mol. The van der Waals surface area contributed by atoms with Crippen LogP contribution in [0.5, 0.6) is 0 Å². The van der Waals surface area contributed by atoms with Gasteiger partial charge >= 0.3 is 0 Å². The maximum atomic E-state index is 12.3. The highest BCUT2D eigenvalue weighted by Crippen LogP contribution is 2.28. The van der Waals surface area contributed by atoms with Crippen LogP contribution in [0.4, 0.5) is 0 Å². The summed E-state index contributed by atoms with van der Waals surface area (Å²) in [7, 11) is -3.87. The Labute approximate surface area is 152 Å². The van der Waals surface area contributed by atoms with Gasteiger partial charge in [-0.3, -0.25) is 4.79 Å². The van der Waals surface area contributed by atoms with Gasteiger partial charge in [0.15, 0.2) is 0 Å². The molecule has 1 saturated heterocycles. The summed E-state index contributed by atoms with van der Waals surface area (Å²) in [6.45, 7) is 3.78. The first-order valence-electron chi connectivity index (χ1n) is 7.75. The molecule has 1 amide bonds. The summed E-state index contributed by atoms with van der Waals surface area (Å²) >= 11 is 11.8. The van der Waals surface area contributed by atoms with E-state index >= 15 is 0 Å². The van der Waals surface area contributed by atoms with Gasteiger partial charge in [-0.2, -0.15) is 0 Å². The lowest BCUT2D eigenvalue weighted by Crippen LogP contribution is -2.48. The molecule has 2 unspecified atom stereocenters. The number of halogens is 2. The standard InChI is InChI=1S/C15H21Cl2N3O3S/c1-10-9-18-7-5-13(10)20-14(21)6-8-19-24(22,23)15-11(16)3-2-4-12(15)17/h2-4,10,13,18-19H,5-9H2,1H3,(H,20,21). The summed E-state index contributed by atoms with van der Waals surface area (Å²) in [5, 5.41) is 6.30. The van der Waals surface area contributed by atoms with Gasteiger partial charge in [-0.1, -0.05) is 36.2 Å². The first kappa shape index (κ1) is 19.5. The number of hydrogen-bond acceptors (Lipinski definition) is 4. The van der Waals surface area contributed by atoms with E-state index in [0.717, 1.165) is 19.5 Å². The Balaban J connectivity index is 1.87. The average molecular weight is 394 g/mol. The molecule has 1 fully saturated rings. The van der Waals surface area contributed by atoms with Crippen LogP contribution in [0.3, 0.4) is 0 Å². The molecular weight excluding hydrogens is 373 g/mol. The van der Waals surface area contributed by atoms with Crippen molar-refractivity contribution in [2.75, 3.05) is 19.6 Å². The molecule has 1 aromatic rings. The van der Waals surface area contributed by atoms with Crippen molar-refractivity contribution in [3.8, 4) is 0 Å². The lowest BCUT2D eigenvalue weighted by molar-refractivity contribution is -0.122. The third-order valence-corrected chi connectivity index (χ3v) is 6.38. The Morgan fingerprint density at radius 1 is 1.33 bits per heavy atom. The average Bonchev–Trinajstić information content (AvgIpc) is 2.49. The summed E-state index contributed by atoms with van der Waals surface area (Å²) in [6, 6.07) is 4.59. The van der Waals surface area contributed by atoms with E-state index in [1.165, 1.54) is 12.1 Å². The van der Waals surface area contributed by atoms with E-state index in [4.69, 9.17) is 23.2 Å². The van der Waals surface area contributed by atoms with E-state index in [1.54, 1.807) is 6.07 Å². The topological polar surface area (TPSA) is 87.3 Å². The second kappa shape index (κ2) is 8.49. The molecule has 2 atom stereocenters. The molecule has 3 N–H and O–H groups in total. The zero-order chi connectivity index (χ0) is 17.7. The summed E-state index contributed by atoms with van der Waals surface area (Å²) in [5.74, 6) is 0.169. The number of nitrogens with one attached hydrogen (secondary N) is 3. The van der Waals surface area contributed by atoms with Gasteiger partial charge in [0.05, 0.1) is 10.0 Å². The first-order valence-corrected chi connectivity index (χ1v) is 9.99. The van der Waals surface area contributed by atoms with Crippen LogP contribution >= 0.6 is 23.2 Å². The maximum Gasteiger partial charge on any atom is 0.243 e. The number of sulfonamides is 1. The van der Waals surface area contributed by atoms with Gasteiger partial charge in [0.25, 0.3) is 0 Å². The molecule has 1 heterocycles. The predicted octanol–water partition coefficient (Wildman–Crippen LogP) is 1.78. The van der Waals surface area contributed by atoms with Crippen LogP contribution in [-0.2, 0) is 14.8 Å². The van der Waals surface area contributed by atoms with E-state index < -0.39 is 10.0 Å². The van der Waals surface area contributed by atoms with E-state index in [0.29, 0.717) is 5.92 Å². The van der Waals surface area contributed by atoms with Gasteiger partial charge in [0.2, 0.25) is 15.9 Å². The molecule has 24 heavy (non-hydrogen) atoms. The second-order valence-corrected chi connectivity index (χ2v) is 8.36. The zero-order valence-electron chi connectivity index (χ0n) is 13.3. The van der Waals surface area contributed by atoms with Crippen LogP contribution in [0, 0.1) is 5.92 Å². The van der Waals surface area contributed by atoms with Gasteiger partial charge in [-0.25, -0.2) is 13.1 Å². The van der Waals surface area contributed by atoms with Crippen LogP contribution in [0.2, 0.25) is 10.0 Å². The maximum absolute atomic E-state index is 12.3. The molecule has 9 heteroatoms. The summed E-state index contributed by atoms with van der Waals surface area (Å²) < 4.78 is 26.9. The highest BCUT2D eigenvalue weighted by Gasteiger charge is 2.24. The molecule has 0 spiro atoms. The number of piperidine rings is 1. The molecule has 1 aliphatic rings. The minimum atomic E-state index is -3.87. The second-order valence-electron chi connectivity index (χ2n) is 5.84. The van der Waals surface area contributed by atoms with Crippen LogP contribution in [0.15, 0.2) is 23.1 Å². The molecule has 134 valence electrons. The van der Waals surface area contributed by atoms with Crippen molar-refractivity contribution in [2.24, 2.45) is 5.92 Å². The Kier molecular flexibility index (Phi) is 6.88. The van der Waals surface area contributed by atoms with Crippen LogP contribution in [-0.4, -0.2) is 40.0 Å². The largest absolute Gasteiger partial charge is 0.353 e. The van der Waals surface area contributed by atoms with Crippen LogP contribution < -0.4 is 15.4 Å². The number of amides is 1.